The van der Waals surface area contributed by atoms with Crippen LogP contribution in [-0.4, -0.2) is 0 Å². The van der Waals surface area contributed by atoms with E-state index in [0.29, 0.717) is 12.2 Å². The molecular weight excluding hydrogens is 293 g/mol. The zero-order valence-electron chi connectivity index (χ0n) is 10.4. The lowest BCUT2D eigenvalue weighted by molar-refractivity contribution is 0.629. The van der Waals surface area contributed by atoms with Gasteiger partial charge in [0.05, 0.1) is 5.69 Å². The Morgan fingerprint density at radius 1 is 1.17 bits per heavy atom. The first kappa shape index (κ1) is 13.1. The van der Waals surface area contributed by atoms with Gasteiger partial charge < -0.3 is 5.32 Å². The number of anilines is 1. The Kier molecular flexibility index (Phi) is 4.02. The molecule has 0 fully saturated rings. The second-order valence-corrected chi connectivity index (χ2v) is 5.23. The highest BCUT2D eigenvalue weighted by Crippen LogP contribution is 2.26. The zero-order valence-corrected chi connectivity index (χ0v) is 12.0. The van der Waals surface area contributed by atoms with Gasteiger partial charge in [0.1, 0.15) is 5.82 Å². The third-order valence-electron chi connectivity index (χ3n) is 2.92. The molecule has 0 aliphatic carbocycles. The quantitative estimate of drug-likeness (QED) is 0.857. The largest absolute Gasteiger partial charge is 0.378 e. The highest BCUT2D eigenvalue weighted by atomic mass is 79.9. The normalized spacial score (nSPS) is 10.4. The van der Waals surface area contributed by atoms with Crippen molar-refractivity contribution < 1.29 is 4.39 Å². The molecule has 0 saturated carbocycles. The Labute approximate surface area is 115 Å². The summed E-state index contributed by atoms with van der Waals surface area (Å²) in [6.45, 7) is 4.75. The van der Waals surface area contributed by atoms with Crippen LogP contribution in [0.4, 0.5) is 10.1 Å². The first-order valence-electron chi connectivity index (χ1n) is 5.82. The van der Waals surface area contributed by atoms with Crippen LogP contribution in [0.3, 0.4) is 0 Å². The Bertz CT molecular complexity index is 546. The van der Waals surface area contributed by atoms with Crippen LogP contribution in [-0.2, 0) is 6.54 Å². The van der Waals surface area contributed by atoms with Gasteiger partial charge in [-0.1, -0.05) is 29.8 Å². The van der Waals surface area contributed by atoms with Crippen molar-refractivity contribution in [3.05, 3.63) is 63.4 Å². The summed E-state index contributed by atoms with van der Waals surface area (Å²) in [6.07, 6.45) is 0. The Balaban J connectivity index is 2.16. The van der Waals surface area contributed by atoms with Crippen molar-refractivity contribution in [1.82, 2.24) is 0 Å². The SMILES string of the molecule is Cc1ccc(CNc2c(F)cccc2Br)c(C)c1. The number of hydrogen-bond acceptors (Lipinski definition) is 1. The van der Waals surface area contributed by atoms with Crippen molar-refractivity contribution in [3.8, 4) is 0 Å². The first-order valence-corrected chi connectivity index (χ1v) is 6.61. The molecule has 3 heteroatoms. The molecule has 0 amide bonds. The van der Waals surface area contributed by atoms with Crippen molar-refractivity contribution in [2.75, 3.05) is 5.32 Å². The topological polar surface area (TPSA) is 12.0 Å². The number of halogens is 2. The van der Waals surface area contributed by atoms with Crippen LogP contribution in [0.1, 0.15) is 16.7 Å². The van der Waals surface area contributed by atoms with Crippen LogP contribution in [0.2, 0.25) is 0 Å². The van der Waals surface area contributed by atoms with Gasteiger partial charge in [0.2, 0.25) is 0 Å². The average Bonchev–Trinajstić information content (AvgIpc) is 2.31. The smallest absolute Gasteiger partial charge is 0.147 e. The fourth-order valence-electron chi connectivity index (χ4n) is 1.89. The molecule has 18 heavy (non-hydrogen) atoms. The molecular formula is C15H15BrFN. The lowest BCUT2D eigenvalue weighted by Gasteiger charge is -2.12. The number of rotatable bonds is 3. The summed E-state index contributed by atoms with van der Waals surface area (Å²) < 4.78 is 14.4. The van der Waals surface area contributed by atoms with E-state index >= 15 is 0 Å². The molecule has 1 N–H and O–H groups in total. The predicted molar refractivity (Wildman–Crippen MR) is 77.3 cm³/mol. The second-order valence-electron chi connectivity index (χ2n) is 4.38. The maximum atomic E-state index is 13.6. The molecule has 0 spiro atoms. The molecule has 0 aromatic heterocycles. The van der Waals surface area contributed by atoms with Crippen LogP contribution in [0, 0.1) is 19.7 Å². The van der Waals surface area contributed by atoms with Gasteiger partial charge in [-0.25, -0.2) is 4.39 Å². The molecule has 0 aliphatic heterocycles. The average molecular weight is 308 g/mol. The summed E-state index contributed by atoms with van der Waals surface area (Å²) in [5.41, 5.74) is 4.14. The minimum absolute atomic E-state index is 0.242. The van der Waals surface area contributed by atoms with E-state index in [1.165, 1.54) is 22.8 Å². The molecule has 0 radical (unpaired) electrons. The summed E-state index contributed by atoms with van der Waals surface area (Å²) >= 11 is 3.35. The van der Waals surface area contributed by atoms with E-state index in [9.17, 15) is 4.39 Å². The van der Waals surface area contributed by atoms with E-state index in [1.807, 2.05) is 6.07 Å². The highest BCUT2D eigenvalue weighted by molar-refractivity contribution is 9.10. The molecule has 0 heterocycles. The maximum Gasteiger partial charge on any atom is 0.147 e. The van der Waals surface area contributed by atoms with Gasteiger partial charge in [0, 0.05) is 11.0 Å². The van der Waals surface area contributed by atoms with Gasteiger partial charge in [-0.3, -0.25) is 0 Å². The van der Waals surface area contributed by atoms with E-state index < -0.39 is 0 Å². The zero-order chi connectivity index (χ0) is 13.1. The van der Waals surface area contributed by atoms with E-state index in [4.69, 9.17) is 0 Å². The summed E-state index contributed by atoms with van der Waals surface area (Å²) in [5.74, 6) is -0.242. The van der Waals surface area contributed by atoms with Crippen LogP contribution in [0.5, 0.6) is 0 Å². The highest BCUT2D eigenvalue weighted by Gasteiger charge is 2.06. The molecule has 0 aliphatic rings. The van der Waals surface area contributed by atoms with Crippen molar-refractivity contribution in [1.29, 1.82) is 0 Å². The third-order valence-corrected chi connectivity index (χ3v) is 3.58. The van der Waals surface area contributed by atoms with Gasteiger partial charge in [-0.15, -0.1) is 0 Å². The van der Waals surface area contributed by atoms with E-state index in [2.05, 4.69) is 53.3 Å². The van der Waals surface area contributed by atoms with Crippen LogP contribution < -0.4 is 5.32 Å². The number of para-hydroxylation sites is 1. The third kappa shape index (κ3) is 2.91. The maximum absolute atomic E-state index is 13.6. The predicted octanol–water partition coefficient (Wildman–Crippen LogP) is 4.82. The van der Waals surface area contributed by atoms with Crippen LogP contribution in [0.15, 0.2) is 40.9 Å². The molecule has 1 nitrogen and oxygen atoms in total. The van der Waals surface area contributed by atoms with Crippen LogP contribution >= 0.6 is 15.9 Å². The molecule has 0 saturated heterocycles. The van der Waals surface area contributed by atoms with E-state index in [1.54, 1.807) is 6.07 Å². The van der Waals surface area contributed by atoms with Crippen molar-refractivity contribution >= 4 is 21.6 Å². The molecule has 2 aromatic rings. The number of nitrogens with one attached hydrogen (secondary N) is 1. The fraction of sp³-hybridized carbons (Fsp3) is 0.200. The Hall–Kier alpha value is -1.35. The van der Waals surface area contributed by atoms with Gasteiger partial charge >= 0.3 is 0 Å². The summed E-state index contributed by atoms with van der Waals surface area (Å²) in [4.78, 5) is 0. The minimum Gasteiger partial charge on any atom is -0.378 e. The molecule has 0 atom stereocenters. The van der Waals surface area contributed by atoms with E-state index in [-0.39, 0.29) is 5.82 Å². The van der Waals surface area contributed by atoms with Crippen molar-refractivity contribution in [3.63, 3.8) is 0 Å². The Morgan fingerprint density at radius 3 is 2.61 bits per heavy atom. The first-order chi connectivity index (χ1) is 8.58. The lowest BCUT2D eigenvalue weighted by atomic mass is 10.1. The second kappa shape index (κ2) is 5.53. The van der Waals surface area contributed by atoms with Crippen molar-refractivity contribution in [2.45, 2.75) is 20.4 Å². The van der Waals surface area contributed by atoms with Gasteiger partial charge in [0.15, 0.2) is 0 Å². The number of benzene rings is 2. The summed E-state index contributed by atoms with van der Waals surface area (Å²) in [6, 6.07) is 11.2. The van der Waals surface area contributed by atoms with Gasteiger partial charge in [-0.2, -0.15) is 0 Å². The summed E-state index contributed by atoms with van der Waals surface area (Å²) in [5, 5.41) is 3.14. The minimum atomic E-state index is -0.242. The monoisotopic (exact) mass is 307 g/mol. The van der Waals surface area contributed by atoms with Gasteiger partial charge in [-0.05, 0) is 53.0 Å². The molecule has 2 aromatic carbocycles. The molecule has 2 rings (SSSR count). The standard InChI is InChI=1S/C15H15BrFN/c1-10-6-7-12(11(2)8-10)9-18-15-13(16)4-3-5-14(15)17/h3-8,18H,9H2,1-2H3. The molecule has 0 unspecified atom stereocenters. The number of aryl methyl sites for hydroxylation is 2. The number of hydrogen-bond donors (Lipinski definition) is 1. The molecule has 0 bridgehead atoms. The fourth-order valence-corrected chi connectivity index (χ4v) is 2.38. The van der Waals surface area contributed by atoms with E-state index in [0.717, 1.165) is 4.47 Å². The summed E-state index contributed by atoms with van der Waals surface area (Å²) in [7, 11) is 0. The Morgan fingerprint density at radius 2 is 1.94 bits per heavy atom. The van der Waals surface area contributed by atoms with Gasteiger partial charge in [0.25, 0.3) is 0 Å². The van der Waals surface area contributed by atoms with Crippen LogP contribution in [0.25, 0.3) is 0 Å². The van der Waals surface area contributed by atoms with Crippen molar-refractivity contribution in [2.24, 2.45) is 0 Å². The lowest BCUT2D eigenvalue weighted by Crippen LogP contribution is -2.03. The molecule has 94 valence electrons.